The SMILES string of the molecule is CC(C)(C)[Si](C)(C)OCc1cnc(/C=N/O)s1. The molecule has 0 aliphatic heterocycles. The Morgan fingerprint density at radius 2 is 2.18 bits per heavy atom. The molecule has 4 nitrogen and oxygen atoms in total. The van der Waals surface area contributed by atoms with E-state index in [0.29, 0.717) is 11.6 Å². The molecule has 1 aromatic heterocycles. The number of thiazole rings is 1. The molecule has 1 N–H and O–H groups in total. The van der Waals surface area contributed by atoms with Crippen LogP contribution in [0.3, 0.4) is 0 Å². The van der Waals surface area contributed by atoms with E-state index in [1.165, 1.54) is 17.6 Å². The van der Waals surface area contributed by atoms with Crippen LogP contribution in [0.1, 0.15) is 30.7 Å². The quantitative estimate of drug-likeness (QED) is 0.395. The van der Waals surface area contributed by atoms with Gasteiger partial charge in [0, 0.05) is 11.1 Å². The highest BCUT2D eigenvalue weighted by Gasteiger charge is 2.37. The fourth-order valence-corrected chi connectivity index (χ4v) is 2.72. The molecule has 0 spiro atoms. The van der Waals surface area contributed by atoms with Gasteiger partial charge in [0.25, 0.3) is 0 Å². The highest BCUT2D eigenvalue weighted by Crippen LogP contribution is 2.37. The summed E-state index contributed by atoms with van der Waals surface area (Å²) in [5, 5.41) is 12.3. The molecule has 0 saturated heterocycles. The summed E-state index contributed by atoms with van der Waals surface area (Å²) in [6, 6.07) is 0. The van der Waals surface area contributed by atoms with E-state index in [1.54, 1.807) is 6.20 Å². The van der Waals surface area contributed by atoms with Gasteiger partial charge in [-0.15, -0.1) is 11.3 Å². The molecule has 0 saturated carbocycles. The van der Waals surface area contributed by atoms with Crippen molar-refractivity contribution in [1.82, 2.24) is 4.98 Å². The smallest absolute Gasteiger partial charge is 0.192 e. The Morgan fingerprint density at radius 1 is 1.53 bits per heavy atom. The molecule has 1 aromatic rings. The lowest BCUT2D eigenvalue weighted by molar-refractivity contribution is 0.279. The first-order valence-electron chi connectivity index (χ1n) is 5.52. The van der Waals surface area contributed by atoms with Gasteiger partial charge in [-0.1, -0.05) is 25.9 Å². The second-order valence-electron chi connectivity index (χ2n) is 5.46. The normalized spacial score (nSPS) is 13.5. The lowest BCUT2D eigenvalue weighted by atomic mass is 10.2. The Labute approximate surface area is 107 Å². The number of nitrogens with zero attached hydrogens (tertiary/aromatic N) is 2. The van der Waals surface area contributed by atoms with Crippen molar-refractivity contribution in [3.63, 3.8) is 0 Å². The van der Waals surface area contributed by atoms with Crippen molar-refractivity contribution in [2.45, 2.75) is 45.5 Å². The average Bonchev–Trinajstić information content (AvgIpc) is 2.62. The van der Waals surface area contributed by atoms with Gasteiger partial charge in [-0.25, -0.2) is 4.98 Å². The number of rotatable bonds is 4. The summed E-state index contributed by atoms with van der Waals surface area (Å²) in [5.41, 5.74) is 0. The van der Waals surface area contributed by atoms with E-state index in [4.69, 9.17) is 9.63 Å². The minimum atomic E-state index is -1.70. The van der Waals surface area contributed by atoms with Crippen molar-refractivity contribution in [1.29, 1.82) is 0 Å². The van der Waals surface area contributed by atoms with Crippen LogP contribution in [0.25, 0.3) is 0 Å². The molecule has 17 heavy (non-hydrogen) atoms. The van der Waals surface area contributed by atoms with Gasteiger partial charge in [0.15, 0.2) is 8.32 Å². The van der Waals surface area contributed by atoms with Crippen LogP contribution in [0.2, 0.25) is 18.1 Å². The van der Waals surface area contributed by atoms with Crippen molar-refractivity contribution in [3.8, 4) is 0 Å². The highest BCUT2D eigenvalue weighted by atomic mass is 32.1. The van der Waals surface area contributed by atoms with Crippen molar-refractivity contribution >= 4 is 25.9 Å². The van der Waals surface area contributed by atoms with Crippen molar-refractivity contribution in [2.75, 3.05) is 0 Å². The Bertz CT molecular complexity index is 396. The minimum Gasteiger partial charge on any atom is -0.412 e. The Kier molecular flexibility index (Phi) is 4.46. The van der Waals surface area contributed by atoms with E-state index in [0.717, 1.165) is 4.88 Å². The van der Waals surface area contributed by atoms with Crippen LogP contribution in [0.15, 0.2) is 11.4 Å². The van der Waals surface area contributed by atoms with E-state index in [2.05, 4.69) is 44.0 Å². The molecule has 0 fully saturated rings. The maximum atomic E-state index is 8.41. The zero-order valence-corrected chi connectivity index (χ0v) is 12.8. The van der Waals surface area contributed by atoms with Crippen molar-refractivity contribution in [2.24, 2.45) is 5.16 Å². The van der Waals surface area contributed by atoms with Gasteiger partial charge < -0.3 is 9.63 Å². The van der Waals surface area contributed by atoms with E-state index < -0.39 is 8.32 Å². The van der Waals surface area contributed by atoms with Crippen LogP contribution in [-0.2, 0) is 11.0 Å². The van der Waals surface area contributed by atoms with Crippen LogP contribution in [0, 0.1) is 0 Å². The standard InChI is InChI=1S/C11H20N2O2SSi/c1-11(2,3)17(4,5)15-8-9-6-12-10(16-9)7-13-14/h6-7,14H,8H2,1-5H3/b13-7+. The molecule has 0 atom stereocenters. The molecular formula is C11H20N2O2SSi. The first-order valence-corrected chi connectivity index (χ1v) is 9.25. The largest absolute Gasteiger partial charge is 0.412 e. The molecule has 96 valence electrons. The van der Waals surface area contributed by atoms with Crippen LogP contribution < -0.4 is 0 Å². The zero-order valence-electron chi connectivity index (χ0n) is 11.0. The average molecular weight is 272 g/mol. The van der Waals surface area contributed by atoms with Crippen molar-refractivity contribution in [3.05, 3.63) is 16.1 Å². The molecule has 0 aromatic carbocycles. The fraction of sp³-hybridized carbons (Fsp3) is 0.636. The van der Waals surface area contributed by atoms with Gasteiger partial charge in [-0.05, 0) is 18.1 Å². The second kappa shape index (κ2) is 5.28. The van der Waals surface area contributed by atoms with Crippen LogP contribution in [0.5, 0.6) is 0 Å². The van der Waals surface area contributed by atoms with Gasteiger partial charge in [0.2, 0.25) is 0 Å². The van der Waals surface area contributed by atoms with Gasteiger partial charge in [0.05, 0.1) is 6.61 Å². The first kappa shape index (κ1) is 14.3. The third-order valence-corrected chi connectivity index (χ3v) is 8.50. The molecule has 0 unspecified atom stereocenters. The molecular weight excluding hydrogens is 252 g/mol. The van der Waals surface area contributed by atoms with Gasteiger partial charge in [0.1, 0.15) is 11.2 Å². The molecule has 6 heteroatoms. The number of aromatic nitrogens is 1. The monoisotopic (exact) mass is 272 g/mol. The third kappa shape index (κ3) is 3.90. The topological polar surface area (TPSA) is 54.7 Å². The Balaban J connectivity index is 2.61. The zero-order chi connectivity index (χ0) is 13.1. The minimum absolute atomic E-state index is 0.215. The summed E-state index contributed by atoms with van der Waals surface area (Å²) < 4.78 is 6.07. The fourth-order valence-electron chi connectivity index (χ4n) is 0.966. The molecule has 0 aliphatic rings. The van der Waals surface area contributed by atoms with Gasteiger partial charge in [-0.2, -0.15) is 0 Å². The van der Waals surface area contributed by atoms with Crippen LogP contribution in [0.4, 0.5) is 0 Å². The summed E-state index contributed by atoms with van der Waals surface area (Å²) in [6.07, 6.45) is 3.11. The Morgan fingerprint density at radius 3 is 2.71 bits per heavy atom. The van der Waals surface area contributed by atoms with Crippen molar-refractivity contribution < 1.29 is 9.63 Å². The molecule has 0 bridgehead atoms. The lowest BCUT2D eigenvalue weighted by Gasteiger charge is -2.35. The summed E-state index contributed by atoms with van der Waals surface area (Å²) in [7, 11) is -1.70. The summed E-state index contributed by atoms with van der Waals surface area (Å²) in [4.78, 5) is 5.17. The summed E-state index contributed by atoms with van der Waals surface area (Å²) >= 11 is 1.49. The molecule has 0 aliphatic carbocycles. The molecule has 1 heterocycles. The Hall–Kier alpha value is -0.723. The summed E-state index contributed by atoms with van der Waals surface area (Å²) in [6.45, 7) is 11.7. The van der Waals surface area contributed by atoms with E-state index in [-0.39, 0.29) is 5.04 Å². The van der Waals surface area contributed by atoms with Gasteiger partial charge in [-0.3, -0.25) is 0 Å². The maximum absolute atomic E-state index is 8.41. The maximum Gasteiger partial charge on any atom is 0.192 e. The molecule has 0 amide bonds. The number of hydrogen-bond acceptors (Lipinski definition) is 5. The highest BCUT2D eigenvalue weighted by molar-refractivity contribution is 7.13. The third-order valence-electron chi connectivity index (χ3n) is 3.12. The van der Waals surface area contributed by atoms with Gasteiger partial charge >= 0.3 is 0 Å². The van der Waals surface area contributed by atoms with Crippen LogP contribution >= 0.6 is 11.3 Å². The number of oxime groups is 1. The number of hydrogen-bond donors (Lipinski definition) is 1. The first-order chi connectivity index (χ1) is 7.76. The second-order valence-corrected chi connectivity index (χ2v) is 11.4. The van der Waals surface area contributed by atoms with Crippen LogP contribution in [-0.4, -0.2) is 24.7 Å². The predicted octanol–water partition coefficient (Wildman–Crippen LogP) is 3.47. The van der Waals surface area contributed by atoms with E-state index >= 15 is 0 Å². The lowest BCUT2D eigenvalue weighted by Crippen LogP contribution is -2.40. The molecule has 0 radical (unpaired) electrons. The summed E-state index contributed by atoms with van der Waals surface area (Å²) in [5.74, 6) is 0. The predicted molar refractivity (Wildman–Crippen MR) is 73.5 cm³/mol. The van der Waals surface area contributed by atoms with E-state index in [1.807, 2.05) is 0 Å². The van der Waals surface area contributed by atoms with E-state index in [9.17, 15) is 0 Å². The molecule has 1 rings (SSSR count).